The molecule has 0 spiro atoms. The monoisotopic (exact) mass is 423 g/mol. The van der Waals surface area contributed by atoms with Crippen LogP contribution in [-0.4, -0.2) is 27.1 Å². The molecule has 1 atom stereocenters. The van der Waals surface area contributed by atoms with E-state index in [1.54, 1.807) is 6.20 Å². The maximum absolute atomic E-state index is 12.0. The molecule has 4 aromatic rings. The number of anilines is 1. The van der Waals surface area contributed by atoms with Crippen molar-refractivity contribution in [2.24, 2.45) is 0 Å². The quantitative estimate of drug-likeness (QED) is 0.410. The summed E-state index contributed by atoms with van der Waals surface area (Å²) in [6.45, 7) is 2.05. The zero-order chi connectivity index (χ0) is 22.3. The maximum Gasteiger partial charge on any atom is 0.326 e. The van der Waals surface area contributed by atoms with Crippen molar-refractivity contribution >= 4 is 11.8 Å². The van der Waals surface area contributed by atoms with Crippen LogP contribution in [0.15, 0.2) is 91.1 Å². The first-order valence-electron chi connectivity index (χ1n) is 10.6. The first-order chi connectivity index (χ1) is 15.6. The Hall–Kier alpha value is -3.99. The van der Waals surface area contributed by atoms with Crippen molar-refractivity contribution in [3.8, 4) is 11.3 Å². The zero-order valence-electron chi connectivity index (χ0n) is 17.9. The predicted molar refractivity (Wildman–Crippen MR) is 127 cm³/mol. The van der Waals surface area contributed by atoms with E-state index in [4.69, 9.17) is 4.98 Å². The van der Waals surface area contributed by atoms with Crippen LogP contribution in [0.1, 0.15) is 22.4 Å². The second-order valence-corrected chi connectivity index (χ2v) is 7.81. The highest BCUT2D eigenvalue weighted by Gasteiger charge is 2.21. The molecular weight excluding hydrogens is 398 g/mol. The third-order valence-corrected chi connectivity index (χ3v) is 5.26. The molecule has 0 saturated heterocycles. The summed E-state index contributed by atoms with van der Waals surface area (Å²) in [7, 11) is 0. The topological polar surface area (TPSA) is 75.1 Å². The van der Waals surface area contributed by atoms with E-state index >= 15 is 0 Å². The highest BCUT2D eigenvalue weighted by Crippen LogP contribution is 2.23. The molecule has 0 radical (unpaired) electrons. The van der Waals surface area contributed by atoms with Crippen molar-refractivity contribution in [3.05, 3.63) is 114 Å². The lowest BCUT2D eigenvalue weighted by Gasteiger charge is -2.18. The van der Waals surface area contributed by atoms with Crippen LogP contribution < -0.4 is 5.32 Å². The van der Waals surface area contributed by atoms with Crippen LogP contribution in [-0.2, 0) is 17.6 Å². The summed E-state index contributed by atoms with van der Waals surface area (Å²) in [4.78, 5) is 21.5. The van der Waals surface area contributed by atoms with Crippen LogP contribution in [0.4, 0.5) is 5.82 Å². The van der Waals surface area contributed by atoms with E-state index in [1.807, 2.05) is 72.8 Å². The number of nitrogens with one attached hydrogen (secondary N) is 1. The molecule has 160 valence electrons. The molecular formula is C27H25N3O2. The van der Waals surface area contributed by atoms with E-state index in [0.717, 1.165) is 33.6 Å². The SMILES string of the molecule is Cc1cccc(Cc2nc(-c3ccccc3)cnc2NC(Cc2ccccc2)C(=O)O)c1. The molecule has 0 saturated carbocycles. The molecule has 2 N–H and O–H groups in total. The number of nitrogens with zero attached hydrogens (tertiary/aromatic N) is 2. The van der Waals surface area contributed by atoms with Gasteiger partial charge in [-0.1, -0.05) is 90.5 Å². The van der Waals surface area contributed by atoms with E-state index in [1.165, 1.54) is 0 Å². The third kappa shape index (κ3) is 5.38. The second kappa shape index (κ2) is 9.88. The Morgan fingerprint density at radius 1 is 0.938 bits per heavy atom. The van der Waals surface area contributed by atoms with Crippen molar-refractivity contribution in [1.82, 2.24) is 9.97 Å². The van der Waals surface area contributed by atoms with Gasteiger partial charge in [-0.2, -0.15) is 0 Å². The molecule has 0 aliphatic carbocycles. The molecule has 0 aliphatic heterocycles. The minimum absolute atomic E-state index is 0.349. The lowest BCUT2D eigenvalue weighted by molar-refractivity contribution is -0.137. The number of hydrogen-bond acceptors (Lipinski definition) is 4. The molecule has 1 heterocycles. The Bertz CT molecular complexity index is 1190. The van der Waals surface area contributed by atoms with Crippen molar-refractivity contribution in [2.45, 2.75) is 25.8 Å². The first kappa shape index (κ1) is 21.2. The number of carboxylic acid groups (broad SMARTS) is 1. The van der Waals surface area contributed by atoms with Crippen LogP contribution in [0.2, 0.25) is 0 Å². The molecule has 0 amide bonds. The van der Waals surface area contributed by atoms with Gasteiger partial charge in [0.15, 0.2) is 0 Å². The van der Waals surface area contributed by atoms with Crippen LogP contribution in [0.3, 0.4) is 0 Å². The number of carboxylic acids is 1. The fraction of sp³-hybridized carbons (Fsp3) is 0.148. The van der Waals surface area contributed by atoms with Gasteiger partial charge in [0.25, 0.3) is 0 Å². The minimum atomic E-state index is -0.927. The number of aliphatic carboxylic acids is 1. The van der Waals surface area contributed by atoms with Crippen LogP contribution >= 0.6 is 0 Å². The molecule has 0 bridgehead atoms. The first-order valence-corrected chi connectivity index (χ1v) is 10.6. The van der Waals surface area contributed by atoms with Crippen LogP contribution in [0.5, 0.6) is 0 Å². The summed E-state index contributed by atoms with van der Waals surface area (Å²) in [6.07, 6.45) is 2.59. The molecule has 3 aromatic carbocycles. The summed E-state index contributed by atoms with van der Waals surface area (Å²) >= 11 is 0. The van der Waals surface area contributed by atoms with Crippen LogP contribution in [0, 0.1) is 6.92 Å². The van der Waals surface area contributed by atoms with E-state index < -0.39 is 12.0 Å². The number of aryl methyl sites for hydroxylation is 1. The lowest BCUT2D eigenvalue weighted by Crippen LogP contribution is -2.32. The van der Waals surface area contributed by atoms with Crippen molar-refractivity contribution in [1.29, 1.82) is 0 Å². The minimum Gasteiger partial charge on any atom is -0.480 e. The van der Waals surface area contributed by atoms with Gasteiger partial charge in [0, 0.05) is 18.4 Å². The summed E-state index contributed by atoms with van der Waals surface area (Å²) in [5.74, 6) is -0.432. The summed E-state index contributed by atoms with van der Waals surface area (Å²) < 4.78 is 0. The maximum atomic E-state index is 12.0. The second-order valence-electron chi connectivity index (χ2n) is 7.81. The van der Waals surface area contributed by atoms with Gasteiger partial charge in [-0.15, -0.1) is 0 Å². The molecule has 0 fully saturated rings. The lowest BCUT2D eigenvalue weighted by atomic mass is 10.0. The molecule has 5 heteroatoms. The molecule has 5 nitrogen and oxygen atoms in total. The Morgan fingerprint density at radius 3 is 2.31 bits per heavy atom. The van der Waals surface area contributed by atoms with E-state index in [9.17, 15) is 9.90 Å². The van der Waals surface area contributed by atoms with E-state index in [-0.39, 0.29) is 0 Å². The van der Waals surface area contributed by atoms with Gasteiger partial charge < -0.3 is 10.4 Å². The van der Waals surface area contributed by atoms with Crippen LogP contribution in [0.25, 0.3) is 11.3 Å². The smallest absolute Gasteiger partial charge is 0.326 e. The molecule has 4 rings (SSSR count). The Morgan fingerprint density at radius 2 is 1.62 bits per heavy atom. The number of carbonyl (C=O) groups is 1. The van der Waals surface area contributed by atoms with Gasteiger partial charge in [0.05, 0.1) is 17.6 Å². The fourth-order valence-electron chi connectivity index (χ4n) is 3.65. The molecule has 0 aliphatic rings. The van der Waals surface area contributed by atoms with Gasteiger partial charge in [-0.25, -0.2) is 14.8 Å². The van der Waals surface area contributed by atoms with E-state index in [0.29, 0.717) is 18.7 Å². The third-order valence-electron chi connectivity index (χ3n) is 5.26. The van der Waals surface area contributed by atoms with Crippen molar-refractivity contribution in [3.63, 3.8) is 0 Å². The number of benzene rings is 3. The van der Waals surface area contributed by atoms with Crippen molar-refractivity contribution < 1.29 is 9.90 Å². The standard InChI is InChI=1S/C27H25N3O2/c1-19-9-8-12-21(15-19)17-23-26(28-18-25(29-23)22-13-6-3-7-14-22)30-24(27(31)32)16-20-10-4-2-5-11-20/h2-15,18,24H,16-17H2,1H3,(H,28,30)(H,31,32). The molecule has 1 aromatic heterocycles. The fourth-order valence-corrected chi connectivity index (χ4v) is 3.65. The summed E-state index contributed by atoms with van der Waals surface area (Å²) in [5, 5.41) is 13.0. The Labute approximate surface area is 187 Å². The molecule has 32 heavy (non-hydrogen) atoms. The average molecular weight is 424 g/mol. The average Bonchev–Trinajstić information content (AvgIpc) is 2.81. The Kier molecular flexibility index (Phi) is 6.56. The van der Waals surface area contributed by atoms with Gasteiger partial charge in [0.1, 0.15) is 11.9 Å². The summed E-state index contributed by atoms with van der Waals surface area (Å²) in [5.41, 5.74) is 5.65. The van der Waals surface area contributed by atoms with Gasteiger partial charge in [0.2, 0.25) is 0 Å². The number of rotatable bonds is 8. The Balaban J connectivity index is 1.68. The molecule has 1 unspecified atom stereocenters. The zero-order valence-corrected chi connectivity index (χ0v) is 17.9. The normalized spacial score (nSPS) is 11.7. The highest BCUT2D eigenvalue weighted by molar-refractivity contribution is 5.77. The van der Waals surface area contributed by atoms with E-state index in [2.05, 4.69) is 29.4 Å². The number of hydrogen-bond donors (Lipinski definition) is 2. The largest absolute Gasteiger partial charge is 0.480 e. The number of aromatic nitrogens is 2. The van der Waals surface area contributed by atoms with Gasteiger partial charge >= 0.3 is 5.97 Å². The van der Waals surface area contributed by atoms with Gasteiger partial charge in [-0.05, 0) is 18.1 Å². The van der Waals surface area contributed by atoms with Gasteiger partial charge in [-0.3, -0.25) is 0 Å². The highest BCUT2D eigenvalue weighted by atomic mass is 16.4. The summed E-state index contributed by atoms with van der Waals surface area (Å²) in [6, 6.07) is 26.9. The predicted octanol–water partition coefficient (Wildman–Crippen LogP) is 5.15. The van der Waals surface area contributed by atoms with Crippen molar-refractivity contribution in [2.75, 3.05) is 5.32 Å².